The number of nitrogens with one attached hydrogen (secondary N) is 1. The summed E-state index contributed by atoms with van der Waals surface area (Å²) in [7, 11) is 1.69. The largest absolute Gasteiger partial charge is 0.385 e. The monoisotopic (exact) mass is 295 g/mol. The number of hydrazine groups is 1. The summed E-state index contributed by atoms with van der Waals surface area (Å²) in [6.07, 6.45) is 4.36. The van der Waals surface area contributed by atoms with Gasteiger partial charge < -0.3 is 4.74 Å². The topological polar surface area (TPSA) is 78.0 Å². The molecule has 0 amide bonds. The second-order valence-corrected chi connectivity index (χ2v) is 4.73. The number of rotatable bonds is 7. The summed E-state index contributed by atoms with van der Waals surface area (Å²) in [4.78, 5) is 4.08. The van der Waals surface area contributed by atoms with E-state index >= 15 is 0 Å². The molecule has 0 bridgehead atoms. The predicted molar refractivity (Wildman–Crippen MR) is 77.1 cm³/mol. The predicted octanol–water partition coefficient (Wildman–Crippen LogP) is 1.52. The Morgan fingerprint density at radius 2 is 2.30 bits per heavy atom. The van der Waals surface area contributed by atoms with E-state index in [4.69, 9.17) is 22.2 Å². The van der Waals surface area contributed by atoms with Crippen molar-refractivity contribution in [1.82, 2.24) is 20.2 Å². The third-order valence-corrected chi connectivity index (χ3v) is 3.24. The third-order valence-electron chi connectivity index (χ3n) is 3.01. The molecule has 2 aromatic heterocycles. The number of halogens is 1. The van der Waals surface area contributed by atoms with Crippen molar-refractivity contribution in [2.45, 2.75) is 19.0 Å². The van der Waals surface area contributed by atoms with Crippen LogP contribution in [0.2, 0.25) is 5.15 Å². The lowest BCUT2D eigenvalue weighted by Gasteiger charge is -2.18. The highest BCUT2D eigenvalue weighted by molar-refractivity contribution is 6.29. The van der Waals surface area contributed by atoms with Crippen LogP contribution in [-0.2, 0) is 11.3 Å². The van der Waals surface area contributed by atoms with E-state index in [9.17, 15) is 0 Å². The maximum atomic E-state index is 5.81. The number of aryl methyl sites for hydroxylation is 1. The molecule has 0 aliphatic carbocycles. The number of aromatic nitrogens is 3. The summed E-state index contributed by atoms with van der Waals surface area (Å²) in [5.41, 5.74) is 4.71. The van der Waals surface area contributed by atoms with Gasteiger partial charge in [0.1, 0.15) is 5.15 Å². The van der Waals surface area contributed by atoms with E-state index in [1.807, 2.05) is 16.8 Å². The summed E-state index contributed by atoms with van der Waals surface area (Å²) in [6, 6.07) is 5.40. The van der Waals surface area contributed by atoms with Crippen molar-refractivity contribution in [3.8, 4) is 0 Å². The molecule has 1 atom stereocenters. The number of methoxy groups -OCH3 is 1. The first kappa shape index (κ1) is 14.9. The Morgan fingerprint density at radius 3 is 2.95 bits per heavy atom. The van der Waals surface area contributed by atoms with Crippen molar-refractivity contribution in [1.29, 1.82) is 0 Å². The molecule has 0 saturated carbocycles. The fraction of sp³-hybridized carbons (Fsp3) is 0.385. The van der Waals surface area contributed by atoms with Gasteiger partial charge in [0.15, 0.2) is 0 Å². The van der Waals surface area contributed by atoms with E-state index in [2.05, 4.69) is 15.5 Å². The van der Waals surface area contributed by atoms with Crippen molar-refractivity contribution in [2.75, 3.05) is 13.7 Å². The number of hydrogen-bond acceptors (Lipinski definition) is 5. The van der Waals surface area contributed by atoms with Crippen molar-refractivity contribution >= 4 is 11.6 Å². The smallest absolute Gasteiger partial charge is 0.129 e. The van der Waals surface area contributed by atoms with E-state index < -0.39 is 0 Å². The molecular formula is C13H18ClN5O. The number of nitrogens with two attached hydrogens (primary N) is 1. The van der Waals surface area contributed by atoms with Gasteiger partial charge in [0, 0.05) is 32.7 Å². The van der Waals surface area contributed by atoms with E-state index in [1.165, 1.54) is 0 Å². The fourth-order valence-electron chi connectivity index (χ4n) is 2.04. The van der Waals surface area contributed by atoms with Gasteiger partial charge in [-0.1, -0.05) is 17.7 Å². The van der Waals surface area contributed by atoms with Crippen LogP contribution in [0.25, 0.3) is 0 Å². The van der Waals surface area contributed by atoms with E-state index in [-0.39, 0.29) is 6.04 Å². The number of ether oxygens (including phenoxy) is 1. The van der Waals surface area contributed by atoms with Crippen molar-refractivity contribution < 1.29 is 4.74 Å². The fourth-order valence-corrected chi connectivity index (χ4v) is 2.16. The summed E-state index contributed by atoms with van der Waals surface area (Å²) < 4.78 is 6.97. The van der Waals surface area contributed by atoms with Crippen LogP contribution in [0.15, 0.2) is 30.6 Å². The van der Waals surface area contributed by atoms with Crippen molar-refractivity contribution in [2.24, 2.45) is 5.84 Å². The lowest BCUT2D eigenvalue weighted by molar-refractivity contribution is 0.188. The highest BCUT2D eigenvalue weighted by atomic mass is 35.5. The first-order valence-corrected chi connectivity index (χ1v) is 6.72. The molecule has 0 aliphatic rings. The molecule has 108 valence electrons. The molecule has 2 heterocycles. The van der Waals surface area contributed by atoms with Crippen LogP contribution >= 0.6 is 11.6 Å². The highest BCUT2D eigenvalue weighted by Gasteiger charge is 2.17. The van der Waals surface area contributed by atoms with E-state index in [0.717, 1.165) is 24.2 Å². The Labute approximate surface area is 122 Å². The van der Waals surface area contributed by atoms with Gasteiger partial charge in [0.05, 0.1) is 11.7 Å². The van der Waals surface area contributed by atoms with E-state index in [1.54, 1.807) is 25.6 Å². The minimum atomic E-state index is -0.176. The number of hydrogen-bond donors (Lipinski definition) is 2. The first-order chi connectivity index (χ1) is 9.76. The van der Waals surface area contributed by atoms with Crippen LogP contribution in [0.1, 0.15) is 23.7 Å². The van der Waals surface area contributed by atoms with Gasteiger partial charge in [-0.05, 0) is 24.1 Å². The highest BCUT2D eigenvalue weighted by Crippen LogP contribution is 2.21. The Morgan fingerprint density at radius 1 is 1.45 bits per heavy atom. The van der Waals surface area contributed by atoms with Gasteiger partial charge in [-0.15, -0.1) is 0 Å². The average Bonchev–Trinajstić information content (AvgIpc) is 2.91. The molecule has 2 aromatic rings. The standard InChI is InChI=1S/C13H18ClN5O/c1-20-8-2-7-19-11(5-6-17-19)13(18-15)10-3-4-12(14)16-9-10/h3-6,9,13,18H,2,7-8,15H2,1H3. The van der Waals surface area contributed by atoms with Crippen LogP contribution in [0, 0.1) is 0 Å². The summed E-state index contributed by atoms with van der Waals surface area (Å²) >= 11 is 5.81. The zero-order valence-electron chi connectivity index (χ0n) is 11.3. The SMILES string of the molecule is COCCCn1nccc1C(NN)c1ccc(Cl)nc1. The lowest BCUT2D eigenvalue weighted by atomic mass is 10.1. The average molecular weight is 296 g/mol. The normalized spacial score (nSPS) is 12.6. The van der Waals surface area contributed by atoms with Crippen LogP contribution in [-0.4, -0.2) is 28.5 Å². The van der Waals surface area contributed by atoms with Gasteiger partial charge in [-0.2, -0.15) is 5.10 Å². The van der Waals surface area contributed by atoms with Gasteiger partial charge in [-0.25, -0.2) is 10.4 Å². The maximum absolute atomic E-state index is 5.81. The minimum absolute atomic E-state index is 0.176. The number of pyridine rings is 1. The van der Waals surface area contributed by atoms with Gasteiger partial charge >= 0.3 is 0 Å². The summed E-state index contributed by atoms with van der Waals surface area (Å²) in [5.74, 6) is 5.68. The van der Waals surface area contributed by atoms with Crippen LogP contribution in [0.5, 0.6) is 0 Å². The molecule has 20 heavy (non-hydrogen) atoms. The van der Waals surface area contributed by atoms with Crippen LogP contribution in [0.4, 0.5) is 0 Å². The Balaban J connectivity index is 2.19. The molecule has 6 nitrogen and oxygen atoms in total. The van der Waals surface area contributed by atoms with Crippen molar-refractivity contribution in [3.63, 3.8) is 0 Å². The van der Waals surface area contributed by atoms with Crippen molar-refractivity contribution in [3.05, 3.63) is 47.0 Å². The zero-order valence-corrected chi connectivity index (χ0v) is 12.0. The Hall–Kier alpha value is -1.47. The number of nitrogens with zero attached hydrogens (tertiary/aromatic N) is 3. The molecule has 2 rings (SSSR count). The van der Waals surface area contributed by atoms with Gasteiger partial charge in [0.25, 0.3) is 0 Å². The molecule has 0 saturated heterocycles. The van der Waals surface area contributed by atoms with Gasteiger partial charge in [-0.3, -0.25) is 10.5 Å². The second-order valence-electron chi connectivity index (χ2n) is 4.34. The summed E-state index contributed by atoms with van der Waals surface area (Å²) in [5, 5.41) is 4.78. The van der Waals surface area contributed by atoms with E-state index in [0.29, 0.717) is 11.8 Å². The van der Waals surface area contributed by atoms with Crippen LogP contribution in [0.3, 0.4) is 0 Å². The lowest BCUT2D eigenvalue weighted by Crippen LogP contribution is -2.31. The molecule has 0 fully saturated rings. The maximum Gasteiger partial charge on any atom is 0.129 e. The molecule has 0 spiro atoms. The molecule has 3 N–H and O–H groups in total. The molecule has 0 aliphatic heterocycles. The molecule has 7 heteroatoms. The Bertz CT molecular complexity index is 528. The van der Waals surface area contributed by atoms with Crippen LogP contribution < -0.4 is 11.3 Å². The zero-order chi connectivity index (χ0) is 14.4. The quantitative estimate of drug-likeness (QED) is 0.350. The first-order valence-electron chi connectivity index (χ1n) is 6.34. The molecule has 0 aromatic carbocycles. The molecule has 1 unspecified atom stereocenters. The second kappa shape index (κ2) is 7.35. The minimum Gasteiger partial charge on any atom is -0.385 e. The molecule has 0 radical (unpaired) electrons. The molecular weight excluding hydrogens is 278 g/mol. The third kappa shape index (κ3) is 3.55. The summed E-state index contributed by atoms with van der Waals surface area (Å²) in [6.45, 7) is 1.47. The Kier molecular flexibility index (Phi) is 5.49. The van der Waals surface area contributed by atoms with Gasteiger partial charge in [0.2, 0.25) is 0 Å².